The van der Waals surface area contributed by atoms with E-state index < -0.39 is 6.03 Å². The maximum atomic E-state index is 12.6. The van der Waals surface area contributed by atoms with Crippen LogP contribution in [-0.4, -0.2) is 67.2 Å². The molecule has 2 saturated heterocycles. The summed E-state index contributed by atoms with van der Waals surface area (Å²) in [5.74, 6) is 0.0592. The number of nitrogens with zero attached hydrogens (tertiary/aromatic N) is 2. The van der Waals surface area contributed by atoms with Crippen LogP contribution >= 0.6 is 11.3 Å². The van der Waals surface area contributed by atoms with Crippen molar-refractivity contribution in [1.82, 2.24) is 15.1 Å². The predicted molar refractivity (Wildman–Crippen MR) is 96.4 cm³/mol. The zero-order valence-corrected chi connectivity index (χ0v) is 15.2. The maximum Gasteiger partial charge on any atom is 0.312 e. The quantitative estimate of drug-likeness (QED) is 0.791. The molecule has 138 valence electrons. The van der Waals surface area contributed by atoms with Crippen molar-refractivity contribution < 1.29 is 14.3 Å². The van der Waals surface area contributed by atoms with Crippen molar-refractivity contribution in [1.29, 1.82) is 0 Å². The minimum absolute atomic E-state index is 0.0592. The fourth-order valence-corrected chi connectivity index (χ4v) is 4.22. The van der Waals surface area contributed by atoms with Gasteiger partial charge in [-0.25, -0.2) is 4.79 Å². The van der Waals surface area contributed by atoms with Crippen LogP contribution in [0.4, 0.5) is 4.79 Å². The number of piperazine rings is 1. The molecule has 2 aliphatic rings. The summed E-state index contributed by atoms with van der Waals surface area (Å²) in [6.07, 6.45) is 2.89. The van der Waals surface area contributed by atoms with Gasteiger partial charge in [-0.3, -0.25) is 9.69 Å². The van der Waals surface area contributed by atoms with Crippen LogP contribution in [0.5, 0.6) is 0 Å². The number of amides is 3. The Kier molecular flexibility index (Phi) is 6.28. The molecule has 2 atom stereocenters. The van der Waals surface area contributed by atoms with Gasteiger partial charge >= 0.3 is 6.03 Å². The molecule has 8 heteroatoms. The highest BCUT2D eigenvalue weighted by molar-refractivity contribution is 7.10. The minimum atomic E-state index is -0.604. The van der Waals surface area contributed by atoms with E-state index in [0.29, 0.717) is 6.10 Å². The maximum absolute atomic E-state index is 12.6. The summed E-state index contributed by atoms with van der Waals surface area (Å²) in [5.41, 5.74) is 5.26. The Morgan fingerprint density at radius 1 is 1.36 bits per heavy atom. The largest absolute Gasteiger partial charge is 0.377 e. The smallest absolute Gasteiger partial charge is 0.312 e. The van der Waals surface area contributed by atoms with Crippen LogP contribution < -0.4 is 11.1 Å². The van der Waals surface area contributed by atoms with Crippen molar-refractivity contribution in [3.63, 3.8) is 0 Å². The van der Waals surface area contributed by atoms with E-state index in [1.807, 2.05) is 22.4 Å². The number of hydrogen-bond donors (Lipinski definition) is 2. The fraction of sp³-hybridized carbons (Fsp3) is 0.647. The summed E-state index contributed by atoms with van der Waals surface area (Å²) in [6, 6.07) is 2.87. The lowest BCUT2D eigenvalue weighted by Gasteiger charge is -2.36. The van der Waals surface area contributed by atoms with Crippen LogP contribution in [0.3, 0.4) is 0 Å². The first-order chi connectivity index (χ1) is 12.1. The van der Waals surface area contributed by atoms with Crippen molar-refractivity contribution in [3.05, 3.63) is 22.4 Å². The molecule has 1 aromatic rings. The first-order valence-electron chi connectivity index (χ1n) is 8.83. The van der Waals surface area contributed by atoms with Gasteiger partial charge in [0.1, 0.15) is 0 Å². The summed E-state index contributed by atoms with van der Waals surface area (Å²) in [4.78, 5) is 29.1. The third-order valence-electron chi connectivity index (χ3n) is 4.79. The Balaban J connectivity index is 1.48. The monoisotopic (exact) mass is 366 g/mol. The number of thiophene rings is 1. The highest BCUT2D eigenvalue weighted by Gasteiger charge is 2.27. The van der Waals surface area contributed by atoms with Crippen LogP contribution in [0.25, 0.3) is 0 Å². The molecule has 2 unspecified atom stereocenters. The topological polar surface area (TPSA) is 87.9 Å². The van der Waals surface area contributed by atoms with Gasteiger partial charge in [0, 0.05) is 44.2 Å². The molecule has 0 radical (unpaired) electrons. The summed E-state index contributed by atoms with van der Waals surface area (Å²) < 4.78 is 5.69. The van der Waals surface area contributed by atoms with Crippen LogP contribution in [0.2, 0.25) is 0 Å². The highest BCUT2D eigenvalue weighted by atomic mass is 32.1. The molecule has 1 aromatic heterocycles. The average molecular weight is 366 g/mol. The average Bonchev–Trinajstić information content (AvgIpc) is 3.28. The molecule has 0 aliphatic carbocycles. The van der Waals surface area contributed by atoms with Crippen LogP contribution in [-0.2, 0) is 9.53 Å². The SMILES string of the molecule is NC(=O)NC(CC(=O)N1CCN(CC2CCCO2)CC1)c1cccs1. The Hall–Kier alpha value is -1.64. The summed E-state index contributed by atoms with van der Waals surface area (Å²) in [6.45, 7) is 5.03. The first-order valence-corrected chi connectivity index (χ1v) is 9.71. The van der Waals surface area contributed by atoms with Crippen LogP contribution in [0, 0.1) is 0 Å². The van der Waals surface area contributed by atoms with E-state index >= 15 is 0 Å². The number of urea groups is 1. The van der Waals surface area contributed by atoms with Crippen molar-refractivity contribution in [2.24, 2.45) is 5.73 Å². The second kappa shape index (κ2) is 8.64. The first kappa shape index (κ1) is 18.2. The van der Waals surface area contributed by atoms with E-state index in [0.717, 1.165) is 57.0 Å². The summed E-state index contributed by atoms with van der Waals surface area (Å²) >= 11 is 1.52. The zero-order valence-electron chi connectivity index (χ0n) is 14.4. The van der Waals surface area contributed by atoms with E-state index in [4.69, 9.17) is 10.5 Å². The van der Waals surface area contributed by atoms with Gasteiger partial charge in [0.05, 0.1) is 18.6 Å². The number of rotatable bonds is 6. The van der Waals surface area contributed by atoms with Crippen LogP contribution in [0.1, 0.15) is 30.2 Å². The van der Waals surface area contributed by atoms with Gasteiger partial charge in [-0.15, -0.1) is 11.3 Å². The van der Waals surface area contributed by atoms with E-state index in [1.54, 1.807) is 0 Å². The van der Waals surface area contributed by atoms with Crippen molar-refractivity contribution >= 4 is 23.3 Å². The Labute approximate surface area is 152 Å². The number of primary amides is 1. The van der Waals surface area contributed by atoms with E-state index in [2.05, 4.69) is 10.2 Å². The van der Waals surface area contributed by atoms with Gasteiger partial charge < -0.3 is 20.7 Å². The number of nitrogens with two attached hydrogens (primary N) is 1. The van der Waals surface area contributed by atoms with Crippen molar-refractivity contribution in [2.45, 2.75) is 31.4 Å². The molecule has 0 aromatic carbocycles. The number of ether oxygens (including phenoxy) is 1. The molecular weight excluding hydrogens is 340 g/mol. The Morgan fingerprint density at radius 2 is 2.16 bits per heavy atom. The normalized spacial score (nSPS) is 22.7. The fourth-order valence-electron chi connectivity index (χ4n) is 3.44. The second-order valence-electron chi connectivity index (χ2n) is 6.60. The molecule has 0 saturated carbocycles. The highest BCUT2D eigenvalue weighted by Crippen LogP contribution is 2.23. The van der Waals surface area contributed by atoms with Crippen LogP contribution in [0.15, 0.2) is 17.5 Å². The van der Waals surface area contributed by atoms with E-state index in [1.165, 1.54) is 11.3 Å². The Bertz CT molecular complexity index is 566. The molecule has 3 amide bonds. The van der Waals surface area contributed by atoms with Gasteiger partial charge in [-0.1, -0.05) is 6.07 Å². The van der Waals surface area contributed by atoms with Gasteiger partial charge in [0.25, 0.3) is 0 Å². The van der Waals surface area contributed by atoms with Gasteiger partial charge in [-0.2, -0.15) is 0 Å². The molecule has 2 aliphatic heterocycles. The molecule has 2 fully saturated rings. The second-order valence-corrected chi connectivity index (χ2v) is 7.58. The van der Waals surface area contributed by atoms with Gasteiger partial charge in [0.2, 0.25) is 5.91 Å². The molecule has 25 heavy (non-hydrogen) atoms. The molecule has 3 rings (SSSR count). The molecule has 3 heterocycles. The molecule has 0 spiro atoms. The lowest BCUT2D eigenvalue weighted by molar-refractivity contribution is -0.133. The standard InChI is InChI=1S/C17H26N4O3S/c18-17(23)19-14(15-4-2-10-25-15)11-16(22)21-7-5-20(6-8-21)12-13-3-1-9-24-13/h2,4,10,13-14H,1,3,5-9,11-12H2,(H3,18,19,23). The van der Waals surface area contributed by atoms with Crippen molar-refractivity contribution in [2.75, 3.05) is 39.3 Å². The molecule has 0 bridgehead atoms. The number of hydrogen-bond acceptors (Lipinski definition) is 5. The number of nitrogens with one attached hydrogen (secondary N) is 1. The third kappa shape index (κ3) is 5.17. The number of carbonyl (C=O) groups is 2. The van der Waals surface area contributed by atoms with E-state index in [-0.39, 0.29) is 18.4 Å². The van der Waals surface area contributed by atoms with Gasteiger partial charge in [-0.05, 0) is 24.3 Å². The summed E-state index contributed by atoms with van der Waals surface area (Å²) in [7, 11) is 0. The van der Waals surface area contributed by atoms with Gasteiger partial charge in [0.15, 0.2) is 0 Å². The number of carbonyl (C=O) groups excluding carboxylic acids is 2. The van der Waals surface area contributed by atoms with Crippen molar-refractivity contribution in [3.8, 4) is 0 Å². The lowest BCUT2D eigenvalue weighted by atomic mass is 10.1. The molecule has 7 nitrogen and oxygen atoms in total. The molecular formula is C17H26N4O3S. The third-order valence-corrected chi connectivity index (χ3v) is 5.78. The zero-order chi connectivity index (χ0) is 17.6. The minimum Gasteiger partial charge on any atom is -0.377 e. The summed E-state index contributed by atoms with van der Waals surface area (Å²) in [5, 5.41) is 4.61. The van der Waals surface area contributed by atoms with E-state index in [9.17, 15) is 9.59 Å². The predicted octanol–water partition coefficient (Wildman–Crippen LogP) is 1.17. The molecule has 3 N–H and O–H groups in total. The lowest BCUT2D eigenvalue weighted by Crippen LogP contribution is -2.51. The Morgan fingerprint density at radius 3 is 2.76 bits per heavy atom.